The number of rotatable bonds is 0. The van der Waals surface area contributed by atoms with Gasteiger partial charge >= 0.3 is 11.5 Å². The zero-order valence-electron chi connectivity index (χ0n) is 8.88. The van der Waals surface area contributed by atoms with Crippen LogP contribution in [0.2, 0.25) is 0 Å². The zero-order valence-corrected chi connectivity index (χ0v) is 10.5. The molecule has 0 amide bonds. The average Bonchev–Trinajstić information content (AvgIpc) is 2.63. The highest BCUT2D eigenvalue weighted by atomic mass is 32.2. The molecule has 0 radical (unpaired) electrons. The molecule has 0 aliphatic rings. The summed E-state index contributed by atoms with van der Waals surface area (Å²) in [5.74, 6) is 2.03. The van der Waals surface area contributed by atoms with Crippen molar-refractivity contribution in [3.8, 4) is 0 Å². The Balaban J connectivity index is 2.57. The second-order valence-corrected chi connectivity index (χ2v) is 6.35. The van der Waals surface area contributed by atoms with Crippen molar-refractivity contribution in [1.29, 1.82) is 0 Å². The Hall–Kier alpha value is -0.930. The molecule has 0 unspecified atom stereocenters. The van der Waals surface area contributed by atoms with Gasteiger partial charge in [0.25, 0.3) is 0 Å². The lowest BCUT2D eigenvalue weighted by Crippen LogP contribution is -1.76. The van der Waals surface area contributed by atoms with Crippen LogP contribution in [0.3, 0.4) is 0 Å². The van der Waals surface area contributed by atoms with Crippen LogP contribution >= 0.6 is 22.7 Å². The molecule has 1 nitrogen and oxygen atoms in total. The molecule has 0 aliphatic heterocycles. The lowest BCUT2D eigenvalue weighted by atomic mass is 10.2. The van der Waals surface area contributed by atoms with Crippen molar-refractivity contribution in [3.05, 3.63) is 28.5 Å². The summed E-state index contributed by atoms with van der Waals surface area (Å²) in [6.45, 7) is 6.22. The van der Waals surface area contributed by atoms with E-state index in [4.69, 9.17) is 4.42 Å². The summed E-state index contributed by atoms with van der Waals surface area (Å²) in [6, 6.07) is 4.42. The molecule has 76 valence electrons. The second-order valence-electron chi connectivity index (χ2n) is 3.82. The van der Waals surface area contributed by atoms with Gasteiger partial charge in [0, 0.05) is 21.7 Å². The Morgan fingerprint density at radius 1 is 1.00 bits per heavy atom. The van der Waals surface area contributed by atoms with Crippen molar-refractivity contribution in [2.24, 2.45) is 0 Å². The van der Waals surface area contributed by atoms with Crippen molar-refractivity contribution in [3.63, 3.8) is 0 Å². The average molecular weight is 235 g/mol. The van der Waals surface area contributed by atoms with Crippen LogP contribution in [0.25, 0.3) is 19.5 Å². The minimum absolute atomic E-state index is 0.989. The maximum absolute atomic E-state index is 5.63. The maximum Gasteiger partial charge on any atom is 0.344 e. The molecular formula is C12H11OS2+. The zero-order chi connectivity index (χ0) is 10.6. The first-order chi connectivity index (χ1) is 7.15. The van der Waals surface area contributed by atoms with E-state index < -0.39 is 0 Å². The van der Waals surface area contributed by atoms with E-state index in [9.17, 15) is 0 Å². The molecule has 0 fully saturated rings. The highest BCUT2D eigenvalue weighted by molar-refractivity contribution is 7.41. The van der Waals surface area contributed by atoms with E-state index in [0.717, 1.165) is 11.5 Å². The molecule has 0 N–H and O–H groups in total. The highest BCUT2D eigenvalue weighted by Crippen LogP contribution is 2.40. The first kappa shape index (κ1) is 9.31. The van der Waals surface area contributed by atoms with Gasteiger partial charge in [0.1, 0.15) is 4.70 Å². The Morgan fingerprint density at radius 2 is 1.80 bits per heavy atom. The summed E-state index contributed by atoms with van der Waals surface area (Å²) < 4.78 is 8.34. The van der Waals surface area contributed by atoms with Crippen LogP contribution in [-0.2, 0) is 0 Å². The topological polar surface area (TPSA) is 11.3 Å². The van der Waals surface area contributed by atoms with E-state index in [1.807, 2.05) is 36.5 Å². The normalized spacial score (nSPS) is 11.7. The summed E-state index contributed by atoms with van der Waals surface area (Å²) in [5.41, 5.74) is 0. The predicted molar refractivity (Wildman–Crippen MR) is 68.1 cm³/mol. The maximum atomic E-state index is 5.63. The Bertz CT molecular complexity index is 661. The highest BCUT2D eigenvalue weighted by Gasteiger charge is 2.17. The molecule has 0 aromatic carbocycles. The van der Waals surface area contributed by atoms with Gasteiger partial charge < -0.3 is 0 Å². The van der Waals surface area contributed by atoms with Crippen molar-refractivity contribution in [1.82, 2.24) is 0 Å². The van der Waals surface area contributed by atoms with Crippen molar-refractivity contribution >= 4 is 42.2 Å². The molecule has 3 heterocycles. The first-order valence-corrected chi connectivity index (χ1v) is 6.51. The minimum Gasteiger partial charge on any atom is -0.217 e. The van der Waals surface area contributed by atoms with Crippen molar-refractivity contribution in [2.45, 2.75) is 20.8 Å². The molecule has 0 atom stereocenters. The summed E-state index contributed by atoms with van der Waals surface area (Å²) >= 11 is 3.71. The minimum atomic E-state index is 0.989. The van der Waals surface area contributed by atoms with Gasteiger partial charge in [-0.2, -0.15) is 0 Å². The summed E-state index contributed by atoms with van der Waals surface area (Å²) in [4.78, 5) is 1.38. The molecular weight excluding hydrogens is 224 g/mol. The van der Waals surface area contributed by atoms with E-state index >= 15 is 0 Å². The van der Waals surface area contributed by atoms with Crippen LogP contribution in [0.15, 0.2) is 16.5 Å². The first-order valence-electron chi connectivity index (χ1n) is 4.88. The van der Waals surface area contributed by atoms with Gasteiger partial charge in [-0.15, -0.1) is 22.7 Å². The van der Waals surface area contributed by atoms with Crippen LogP contribution in [0.4, 0.5) is 0 Å². The Morgan fingerprint density at radius 3 is 2.60 bits per heavy atom. The summed E-state index contributed by atoms with van der Waals surface area (Å²) in [5, 5.41) is 2.74. The van der Waals surface area contributed by atoms with Crippen molar-refractivity contribution < 1.29 is 4.42 Å². The molecule has 0 bridgehead atoms. The third-order valence-corrected chi connectivity index (χ3v) is 4.99. The van der Waals surface area contributed by atoms with E-state index in [0.29, 0.717) is 0 Å². The molecule has 3 aromatic heterocycles. The SMILES string of the molecule is Cc1cc2c(sc3sc(C)cc32)c(C)[o+]1. The third-order valence-electron chi connectivity index (χ3n) is 2.53. The van der Waals surface area contributed by atoms with Gasteiger partial charge in [0.15, 0.2) is 0 Å². The predicted octanol–water partition coefficient (Wildman–Crippen LogP) is 4.92. The fourth-order valence-corrected chi connectivity index (χ4v) is 4.44. The molecule has 3 rings (SSSR count). The van der Waals surface area contributed by atoms with Gasteiger partial charge in [-0.1, -0.05) is 0 Å². The molecule has 15 heavy (non-hydrogen) atoms. The lowest BCUT2D eigenvalue weighted by Gasteiger charge is -1.86. The van der Waals surface area contributed by atoms with E-state index in [2.05, 4.69) is 19.1 Å². The molecule has 0 saturated carbocycles. The van der Waals surface area contributed by atoms with Gasteiger partial charge in [0.2, 0.25) is 0 Å². The van der Waals surface area contributed by atoms with Gasteiger partial charge in [0.05, 0.1) is 17.9 Å². The number of hydrogen-bond donors (Lipinski definition) is 0. The smallest absolute Gasteiger partial charge is 0.217 e. The molecule has 0 saturated heterocycles. The second kappa shape index (κ2) is 3.03. The standard InChI is InChI=1S/C12H11OS2/c1-6-4-9-10-5-7(2)14-12(10)15-11(9)8(3)13-6/h4-5H,1-3H3/q+1. The Labute approximate surface area is 96.0 Å². The van der Waals surface area contributed by atoms with E-state index in [1.165, 1.54) is 24.4 Å². The van der Waals surface area contributed by atoms with Gasteiger partial charge in [-0.05, 0) is 13.0 Å². The number of thiophene rings is 2. The third kappa shape index (κ3) is 1.30. The van der Waals surface area contributed by atoms with Crippen LogP contribution in [-0.4, -0.2) is 0 Å². The van der Waals surface area contributed by atoms with Crippen LogP contribution in [0, 0.1) is 20.8 Å². The molecule has 3 heteroatoms. The number of fused-ring (bicyclic) bond motifs is 3. The largest absolute Gasteiger partial charge is 0.344 e. The van der Waals surface area contributed by atoms with Crippen LogP contribution < -0.4 is 0 Å². The Kier molecular flexibility index (Phi) is 1.88. The van der Waals surface area contributed by atoms with Crippen molar-refractivity contribution in [2.75, 3.05) is 0 Å². The summed E-state index contributed by atoms with van der Waals surface area (Å²) in [6.07, 6.45) is 0. The molecule has 3 aromatic rings. The lowest BCUT2D eigenvalue weighted by molar-refractivity contribution is 0.495. The van der Waals surface area contributed by atoms with Gasteiger partial charge in [-0.3, -0.25) is 0 Å². The summed E-state index contributed by atoms with van der Waals surface area (Å²) in [7, 11) is 0. The fourth-order valence-electron chi connectivity index (χ4n) is 1.95. The number of aryl methyl sites for hydroxylation is 3. The monoisotopic (exact) mass is 235 g/mol. The van der Waals surface area contributed by atoms with E-state index in [1.54, 1.807) is 0 Å². The number of hydrogen-bond acceptors (Lipinski definition) is 2. The fraction of sp³-hybridized carbons (Fsp3) is 0.250. The van der Waals surface area contributed by atoms with Gasteiger partial charge in [-0.25, -0.2) is 4.42 Å². The van der Waals surface area contributed by atoms with E-state index in [-0.39, 0.29) is 0 Å². The molecule has 0 aliphatic carbocycles. The van der Waals surface area contributed by atoms with Crippen LogP contribution in [0.1, 0.15) is 16.4 Å². The van der Waals surface area contributed by atoms with Crippen LogP contribution in [0.5, 0.6) is 0 Å². The quantitative estimate of drug-likeness (QED) is 0.504. The molecule has 0 spiro atoms.